The van der Waals surface area contributed by atoms with Crippen molar-refractivity contribution < 1.29 is 24.1 Å². The van der Waals surface area contributed by atoms with Gasteiger partial charge in [0.2, 0.25) is 5.79 Å². The maximum Gasteiger partial charge on any atom is 0.243 e. The largest absolute Gasteiger partial charge is 0.382 e. The Morgan fingerprint density at radius 2 is 1.93 bits per heavy atom. The molecule has 30 heavy (non-hydrogen) atoms. The first-order valence-electron chi connectivity index (χ1n) is 9.67. The predicted molar refractivity (Wildman–Crippen MR) is 110 cm³/mol. The van der Waals surface area contributed by atoms with E-state index in [1.807, 2.05) is 0 Å². The normalized spacial score (nSPS) is 32.1. The first-order chi connectivity index (χ1) is 14.5. The van der Waals surface area contributed by atoms with Gasteiger partial charge in [0, 0.05) is 6.42 Å². The number of hydrogen-bond acceptors (Lipinski definition) is 8. The highest BCUT2D eigenvalue weighted by Crippen LogP contribution is 2.70. The Balaban J connectivity index is 1.80. The summed E-state index contributed by atoms with van der Waals surface area (Å²) < 4.78 is 25.7. The number of rotatable bonds is 11. The molecule has 0 radical (unpaired) electrons. The van der Waals surface area contributed by atoms with E-state index in [1.165, 1.54) is 10.8 Å². The Kier molecular flexibility index (Phi) is 5.25. The number of nitrogens with zero attached hydrogens (tertiary/aromatic N) is 3. The van der Waals surface area contributed by atoms with E-state index < -0.39 is 23.1 Å². The fraction of sp³-hybridized carbons (Fsp3) is 0.429. The zero-order chi connectivity index (χ0) is 21.4. The molecule has 0 spiro atoms. The summed E-state index contributed by atoms with van der Waals surface area (Å²) in [4.78, 5) is 4.00. The van der Waals surface area contributed by atoms with Crippen molar-refractivity contribution >= 4 is 11.3 Å². The van der Waals surface area contributed by atoms with Gasteiger partial charge in [0.25, 0.3) is 0 Å². The minimum Gasteiger partial charge on any atom is -0.382 e. The molecular formula is C21H26N4O5. The molecule has 2 aliphatic rings. The van der Waals surface area contributed by atoms with Crippen LogP contribution in [-0.4, -0.2) is 63.4 Å². The molecule has 1 saturated carbocycles. The van der Waals surface area contributed by atoms with Gasteiger partial charge in [-0.15, -0.1) is 19.7 Å². The van der Waals surface area contributed by atoms with Crippen LogP contribution in [0, 0.1) is 0 Å². The summed E-state index contributed by atoms with van der Waals surface area (Å²) in [6.07, 6.45) is 6.02. The van der Waals surface area contributed by atoms with Crippen LogP contribution in [0.25, 0.3) is 5.52 Å². The fourth-order valence-corrected chi connectivity index (χ4v) is 4.35. The lowest BCUT2D eigenvalue weighted by Crippen LogP contribution is -2.46. The summed E-state index contributed by atoms with van der Waals surface area (Å²) in [6, 6.07) is 3.42. The molecule has 0 amide bonds. The van der Waals surface area contributed by atoms with E-state index in [4.69, 9.17) is 24.7 Å². The third-order valence-corrected chi connectivity index (χ3v) is 5.69. The molecule has 160 valence electrons. The van der Waals surface area contributed by atoms with Gasteiger partial charge < -0.3 is 29.8 Å². The van der Waals surface area contributed by atoms with E-state index >= 15 is 0 Å². The fourth-order valence-electron chi connectivity index (χ4n) is 4.35. The van der Waals surface area contributed by atoms with Crippen molar-refractivity contribution in [1.82, 2.24) is 14.6 Å². The zero-order valence-electron chi connectivity index (χ0n) is 16.7. The molecule has 9 heteroatoms. The van der Waals surface area contributed by atoms with Crippen LogP contribution >= 0.6 is 0 Å². The molecule has 4 rings (SSSR count). The first-order valence-corrected chi connectivity index (χ1v) is 9.67. The maximum atomic E-state index is 11.9. The summed E-state index contributed by atoms with van der Waals surface area (Å²) in [5.41, 5.74) is 4.77. The van der Waals surface area contributed by atoms with Crippen LogP contribution in [0.2, 0.25) is 0 Å². The standard InChI is InChI=1S/C21H26N4O5/c1-4-9-27-12-17-19(28-10-5-2)13-20(19,29-11-6-3)21(26,30-17)16-8-7-15-18(22)23-14-24-25(15)16/h4-8,14,17,26H,1-3,9-13H2,(H2,22,23,24)/t17-,19+,20-,21?/m1/s1. The number of anilines is 1. The molecule has 2 aromatic heterocycles. The van der Waals surface area contributed by atoms with Gasteiger partial charge >= 0.3 is 0 Å². The summed E-state index contributed by atoms with van der Waals surface area (Å²) in [5, 5.41) is 16.2. The van der Waals surface area contributed by atoms with E-state index in [0.29, 0.717) is 24.2 Å². The molecule has 2 fully saturated rings. The van der Waals surface area contributed by atoms with Gasteiger partial charge in [-0.1, -0.05) is 18.2 Å². The quantitative estimate of drug-likeness (QED) is 0.418. The molecule has 0 bridgehead atoms. The van der Waals surface area contributed by atoms with Crippen LogP contribution < -0.4 is 5.73 Å². The Morgan fingerprint density at radius 1 is 1.20 bits per heavy atom. The van der Waals surface area contributed by atoms with Crippen molar-refractivity contribution in [2.24, 2.45) is 0 Å². The van der Waals surface area contributed by atoms with Crippen LogP contribution in [0.4, 0.5) is 5.82 Å². The van der Waals surface area contributed by atoms with E-state index in [2.05, 4.69) is 29.8 Å². The number of aliphatic hydroxyl groups is 1. The average Bonchev–Trinajstić information content (AvgIpc) is 3.10. The summed E-state index contributed by atoms with van der Waals surface area (Å²) in [7, 11) is 0. The molecule has 1 saturated heterocycles. The third-order valence-electron chi connectivity index (χ3n) is 5.69. The number of nitrogen functional groups attached to an aromatic ring is 1. The van der Waals surface area contributed by atoms with E-state index in [1.54, 1.807) is 30.4 Å². The molecule has 4 atom stereocenters. The molecule has 3 N–H and O–H groups in total. The monoisotopic (exact) mass is 414 g/mol. The summed E-state index contributed by atoms with van der Waals surface area (Å²) in [6.45, 7) is 12.1. The first kappa shape index (κ1) is 20.7. The van der Waals surface area contributed by atoms with E-state index in [-0.39, 0.29) is 25.6 Å². The maximum absolute atomic E-state index is 11.9. The molecular weight excluding hydrogens is 388 g/mol. The molecule has 1 aliphatic heterocycles. The molecule has 1 aliphatic carbocycles. The Labute approximate surface area is 174 Å². The Bertz CT molecular complexity index is 977. The van der Waals surface area contributed by atoms with E-state index in [0.717, 1.165) is 0 Å². The average molecular weight is 414 g/mol. The zero-order valence-corrected chi connectivity index (χ0v) is 16.7. The van der Waals surface area contributed by atoms with Crippen LogP contribution in [0.3, 0.4) is 0 Å². The van der Waals surface area contributed by atoms with Gasteiger partial charge in [-0.2, -0.15) is 5.10 Å². The number of fused-ring (bicyclic) bond motifs is 2. The minimum absolute atomic E-state index is 0.186. The lowest BCUT2D eigenvalue weighted by Gasteiger charge is -2.32. The lowest BCUT2D eigenvalue weighted by molar-refractivity contribution is -0.277. The highest BCUT2D eigenvalue weighted by molar-refractivity contribution is 5.66. The second-order valence-electron chi connectivity index (χ2n) is 7.33. The van der Waals surface area contributed by atoms with Crippen molar-refractivity contribution in [3.63, 3.8) is 0 Å². The van der Waals surface area contributed by atoms with Crippen molar-refractivity contribution in [2.75, 3.05) is 32.2 Å². The van der Waals surface area contributed by atoms with Crippen LogP contribution in [0.5, 0.6) is 0 Å². The Morgan fingerprint density at radius 3 is 2.67 bits per heavy atom. The Hall–Kier alpha value is -2.56. The SMILES string of the molecule is C=CCOC[C@H]1OC(O)(c2ccc3c(N)ncnn23)[C@@]2(OCC=C)C[C@]12OCC=C. The van der Waals surface area contributed by atoms with Crippen LogP contribution in [0.15, 0.2) is 56.4 Å². The molecule has 2 aromatic rings. The van der Waals surface area contributed by atoms with Gasteiger partial charge in [0.15, 0.2) is 11.4 Å². The molecule has 9 nitrogen and oxygen atoms in total. The minimum atomic E-state index is -1.87. The third kappa shape index (κ3) is 2.74. The van der Waals surface area contributed by atoms with Gasteiger partial charge in [0.1, 0.15) is 29.2 Å². The van der Waals surface area contributed by atoms with Crippen LogP contribution in [0.1, 0.15) is 12.1 Å². The highest BCUT2D eigenvalue weighted by Gasteiger charge is 2.89. The lowest BCUT2D eigenvalue weighted by atomic mass is 10.0. The summed E-state index contributed by atoms with van der Waals surface area (Å²) >= 11 is 0. The van der Waals surface area contributed by atoms with Crippen molar-refractivity contribution in [1.29, 1.82) is 0 Å². The number of ether oxygens (including phenoxy) is 4. The summed E-state index contributed by atoms with van der Waals surface area (Å²) in [5.74, 6) is -1.58. The smallest absolute Gasteiger partial charge is 0.243 e. The van der Waals surface area contributed by atoms with Gasteiger partial charge in [-0.05, 0) is 12.1 Å². The van der Waals surface area contributed by atoms with Gasteiger partial charge in [-0.25, -0.2) is 9.50 Å². The second-order valence-corrected chi connectivity index (χ2v) is 7.33. The van der Waals surface area contributed by atoms with Crippen molar-refractivity contribution in [3.05, 3.63) is 62.1 Å². The number of nitrogens with two attached hydrogens (primary N) is 1. The molecule has 3 heterocycles. The number of aromatic nitrogens is 3. The van der Waals surface area contributed by atoms with Crippen LogP contribution in [-0.2, 0) is 24.7 Å². The molecule has 1 unspecified atom stereocenters. The predicted octanol–water partition coefficient (Wildman–Crippen LogP) is 1.34. The van der Waals surface area contributed by atoms with Gasteiger partial charge in [0.05, 0.1) is 26.4 Å². The molecule has 0 aromatic carbocycles. The van der Waals surface area contributed by atoms with E-state index in [9.17, 15) is 5.11 Å². The highest BCUT2D eigenvalue weighted by atomic mass is 16.7. The van der Waals surface area contributed by atoms with Crippen molar-refractivity contribution in [2.45, 2.75) is 29.5 Å². The topological polar surface area (TPSA) is 113 Å². The number of hydrogen-bond donors (Lipinski definition) is 2. The van der Waals surface area contributed by atoms with Gasteiger partial charge in [-0.3, -0.25) is 0 Å². The second kappa shape index (κ2) is 7.60. The van der Waals surface area contributed by atoms with Crippen molar-refractivity contribution in [3.8, 4) is 0 Å².